The summed E-state index contributed by atoms with van der Waals surface area (Å²) in [4.78, 5) is 25.1. The summed E-state index contributed by atoms with van der Waals surface area (Å²) in [5, 5.41) is 3.03. The van der Waals surface area contributed by atoms with Crippen molar-refractivity contribution in [3.63, 3.8) is 0 Å². The van der Waals surface area contributed by atoms with Gasteiger partial charge in [-0.2, -0.15) is 0 Å². The van der Waals surface area contributed by atoms with Gasteiger partial charge in [-0.05, 0) is 42.5 Å². The standard InChI is InChI=1S/C22H22N4O/c1-14-11-19(14)22(27)25-12-16-3-5-18(6-4-16)21-20(13-24-15(2)26-21)17-7-9-23-10-8-17/h3-10,13-14,19H,11-12H2,1-2H3,(H,25,27)/t14-,19+/m0/s1. The second-order valence-corrected chi connectivity index (χ2v) is 7.15. The molecule has 1 aliphatic rings. The molecule has 5 heteroatoms. The van der Waals surface area contributed by atoms with Crippen molar-refractivity contribution in [3.8, 4) is 22.4 Å². The maximum absolute atomic E-state index is 12.0. The molecular weight excluding hydrogens is 336 g/mol. The molecule has 0 radical (unpaired) electrons. The Labute approximate surface area is 158 Å². The van der Waals surface area contributed by atoms with Crippen LogP contribution >= 0.6 is 0 Å². The van der Waals surface area contributed by atoms with E-state index in [-0.39, 0.29) is 11.8 Å². The van der Waals surface area contributed by atoms with Crippen molar-refractivity contribution in [3.05, 3.63) is 66.4 Å². The van der Waals surface area contributed by atoms with Crippen LogP contribution in [0.1, 0.15) is 24.7 Å². The Bertz CT molecular complexity index is 954. The summed E-state index contributed by atoms with van der Waals surface area (Å²) in [6.07, 6.45) is 6.41. The van der Waals surface area contributed by atoms with Gasteiger partial charge in [0.15, 0.2) is 0 Å². The van der Waals surface area contributed by atoms with Crippen LogP contribution in [0, 0.1) is 18.8 Å². The summed E-state index contributed by atoms with van der Waals surface area (Å²) in [6.45, 7) is 4.56. The highest BCUT2D eigenvalue weighted by Crippen LogP contribution is 2.37. The molecule has 0 spiro atoms. The van der Waals surface area contributed by atoms with Gasteiger partial charge in [0.1, 0.15) is 5.82 Å². The first kappa shape index (κ1) is 17.3. The summed E-state index contributed by atoms with van der Waals surface area (Å²) in [5.74, 6) is 1.63. The van der Waals surface area contributed by atoms with Crippen molar-refractivity contribution in [2.75, 3.05) is 0 Å². The van der Waals surface area contributed by atoms with Crippen molar-refractivity contribution in [2.45, 2.75) is 26.8 Å². The minimum absolute atomic E-state index is 0.165. The molecule has 0 saturated heterocycles. The molecule has 2 atom stereocenters. The van der Waals surface area contributed by atoms with Crippen LogP contribution in [0.25, 0.3) is 22.4 Å². The van der Waals surface area contributed by atoms with Gasteiger partial charge >= 0.3 is 0 Å². The molecule has 1 aliphatic carbocycles. The molecule has 1 fully saturated rings. The highest BCUT2D eigenvalue weighted by molar-refractivity contribution is 5.81. The predicted octanol–water partition coefficient (Wildman–Crippen LogP) is 3.79. The van der Waals surface area contributed by atoms with Crippen LogP contribution in [0.3, 0.4) is 0 Å². The minimum Gasteiger partial charge on any atom is -0.352 e. The summed E-state index contributed by atoms with van der Waals surface area (Å²) in [5.41, 5.74) is 5.02. The molecule has 5 nitrogen and oxygen atoms in total. The number of rotatable bonds is 5. The Morgan fingerprint density at radius 3 is 2.48 bits per heavy atom. The molecule has 2 aromatic heterocycles. The van der Waals surface area contributed by atoms with Crippen LogP contribution in [-0.4, -0.2) is 20.9 Å². The molecule has 4 rings (SSSR count). The Morgan fingerprint density at radius 1 is 1.11 bits per heavy atom. The number of aryl methyl sites for hydroxylation is 1. The predicted molar refractivity (Wildman–Crippen MR) is 105 cm³/mol. The van der Waals surface area contributed by atoms with Crippen molar-refractivity contribution in [1.29, 1.82) is 0 Å². The topological polar surface area (TPSA) is 67.8 Å². The van der Waals surface area contributed by atoms with E-state index in [1.165, 1.54) is 0 Å². The van der Waals surface area contributed by atoms with Gasteiger partial charge in [0, 0.05) is 42.2 Å². The fraction of sp³-hybridized carbons (Fsp3) is 0.273. The molecule has 0 unspecified atom stereocenters. The van der Waals surface area contributed by atoms with E-state index in [9.17, 15) is 4.79 Å². The van der Waals surface area contributed by atoms with E-state index in [2.05, 4.69) is 27.2 Å². The molecule has 27 heavy (non-hydrogen) atoms. The molecule has 0 bridgehead atoms. The van der Waals surface area contributed by atoms with Crippen LogP contribution in [0.2, 0.25) is 0 Å². The lowest BCUT2D eigenvalue weighted by atomic mass is 10.0. The van der Waals surface area contributed by atoms with Gasteiger partial charge < -0.3 is 5.32 Å². The normalized spacial score (nSPS) is 18.1. The van der Waals surface area contributed by atoms with Gasteiger partial charge in [0.2, 0.25) is 5.91 Å². The summed E-state index contributed by atoms with van der Waals surface area (Å²) in [7, 11) is 0. The Balaban J connectivity index is 1.55. The molecular formula is C22H22N4O. The average Bonchev–Trinajstić information content (AvgIpc) is 3.44. The maximum atomic E-state index is 12.0. The first-order valence-electron chi connectivity index (χ1n) is 9.23. The fourth-order valence-corrected chi connectivity index (χ4v) is 3.22. The van der Waals surface area contributed by atoms with Crippen molar-refractivity contribution in [2.24, 2.45) is 11.8 Å². The van der Waals surface area contributed by atoms with E-state index in [0.29, 0.717) is 12.5 Å². The summed E-state index contributed by atoms with van der Waals surface area (Å²) < 4.78 is 0. The van der Waals surface area contributed by atoms with Gasteiger partial charge in [-0.25, -0.2) is 9.97 Å². The zero-order valence-electron chi connectivity index (χ0n) is 15.5. The maximum Gasteiger partial charge on any atom is 0.223 e. The number of nitrogens with zero attached hydrogens (tertiary/aromatic N) is 3. The third-order valence-electron chi connectivity index (χ3n) is 5.04. The number of carbonyl (C=O) groups is 1. The van der Waals surface area contributed by atoms with Crippen molar-refractivity contribution in [1.82, 2.24) is 20.3 Å². The van der Waals surface area contributed by atoms with E-state index in [4.69, 9.17) is 0 Å². The Hall–Kier alpha value is -3.08. The second-order valence-electron chi connectivity index (χ2n) is 7.15. The Kier molecular flexibility index (Phi) is 4.67. The van der Waals surface area contributed by atoms with E-state index >= 15 is 0 Å². The third-order valence-corrected chi connectivity index (χ3v) is 5.04. The fourth-order valence-electron chi connectivity index (χ4n) is 3.22. The van der Waals surface area contributed by atoms with E-state index in [1.54, 1.807) is 12.4 Å². The minimum atomic E-state index is 0.165. The number of carbonyl (C=O) groups excluding carboxylic acids is 1. The lowest BCUT2D eigenvalue weighted by Crippen LogP contribution is -2.24. The lowest BCUT2D eigenvalue weighted by molar-refractivity contribution is -0.122. The number of hydrogen-bond acceptors (Lipinski definition) is 4. The number of benzene rings is 1. The lowest BCUT2D eigenvalue weighted by Gasteiger charge is -2.11. The summed E-state index contributed by atoms with van der Waals surface area (Å²) in [6, 6.07) is 12.1. The summed E-state index contributed by atoms with van der Waals surface area (Å²) >= 11 is 0. The molecule has 3 aromatic rings. The number of pyridine rings is 1. The van der Waals surface area contributed by atoms with Gasteiger partial charge in [0.05, 0.1) is 5.69 Å². The van der Waals surface area contributed by atoms with Gasteiger partial charge in [-0.1, -0.05) is 31.2 Å². The number of hydrogen-bond donors (Lipinski definition) is 1. The highest BCUT2D eigenvalue weighted by atomic mass is 16.2. The van der Waals surface area contributed by atoms with Crippen LogP contribution < -0.4 is 5.32 Å². The molecule has 136 valence electrons. The quantitative estimate of drug-likeness (QED) is 0.753. The molecule has 1 saturated carbocycles. The van der Waals surface area contributed by atoms with Crippen LogP contribution in [-0.2, 0) is 11.3 Å². The van der Waals surface area contributed by atoms with Crippen molar-refractivity contribution >= 4 is 5.91 Å². The molecule has 1 aromatic carbocycles. The molecule has 2 heterocycles. The van der Waals surface area contributed by atoms with E-state index in [1.807, 2.05) is 49.5 Å². The van der Waals surface area contributed by atoms with Crippen LogP contribution in [0.5, 0.6) is 0 Å². The molecule has 1 amide bonds. The highest BCUT2D eigenvalue weighted by Gasteiger charge is 2.38. The van der Waals surface area contributed by atoms with Gasteiger partial charge in [-0.3, -0.25) is 9.78 Å². The van der Waals surface area contributed by atoms with E-state index < -0.39 is 0 Å². The second kappa shape index (κ2) is 7.27. The zero-order valence-corrected chi connectivity index (χ0v) is 15.5. The van der Waals surface area contributed by atoms with Crippen LogP contribution in [0.15, 0.2) is 55.0 Å². The first-order chi connectivity index (χ1) is 13.1. The SMILES string of the molecule is Cc1ncc(-c2ccncc2)c(-c2ccc(CNC(=O)[C@@H]3C[C@@H]3C)cc2)n1. The first-order valence-corrected chi connectivity index (χ1v) is 9.23. The monoisotopic (exact) mass is 358 g/mol. The zero-order chi connectivity index (χ0) is 18.8. The van der Waals surface area contributed by atoms with Gasteiger partial charge in [-0.15, -0.1) is 0 Å². The average molecular weight is 358 g/mol. The number of amides is 1. The third kappa shape index (κ3) is 3.87. The van der Waals surface area contributed by atoms with Gasteiger partial charge in [0.25, 0.3) is 0 Å². The van der Waals surface area contributed by atoms with E-state index in [0.717, 1.165) is 40.2 Å². The number of aromatic nitrogens is 3. The largest absolute Gasteiger partial charge is 0.352 e. The molecule has 1 N–H and O–H groups in total. The smallest absolute Gasteiger partial charge is 0.223 e. The van der Waals surface area contributed by atoms with Crippen LogP contribution in [0.4, 0.5) is 0 Å². The van der Waals surface area contributed by atoms with Crippen molar-refractivity contribution < 1.29 is 4.79 Å². The molecule has 0 aliphatic heterocycles. The number of nitrogens with one attached hydrogen (secondary N) is 1. The Morgan fingerprint density at radius 2 is 1.81 bits per heavy atom.